The van der Waals surface area contributed by atoms with Crippen molar-refractivity contribution in [2.45, 2.75) is 26.3 Å². The third-order valence-corrected chi connectivity index (χ3v) is 5.34. The van der Waals surface area contributed by atoms with Crippen LogP contribution >= 0.6 is 0 Å². The van der Waals surface area contributed by atoms with Gasteiger partial charge in [0.1, 0.15) is 0 Å². The molecule has 0 unspecified atom stereocenters. The summed E-state index contributed by atoms with van der Waals surface area (Å²) < 4.78 is 0. The summed E-state index contributed by atoms with van der Waals surface area (Å²) in [6.45, 7) is 3.95. The van der Waals surface area contributed by atoms with Gasteiger partial charge in [-0.2, -0.15) is 0 Å². The van der Waals surface area contributed by atoms with Gasteiger partial charge in [-0.25, -0.2) is 0 Å². The minimum absolute atomic E-state index is 0.0200. The summed E-state index contributed by atoms with van der Waals surface area (Å²) >= 11 is 0. The van der Waals surface area contributed by atoms with Crippen molar-refractivity contribution in [2.75, 3.05) is 18.0 Å². The average Bonchev–Trinajstić information content (AvgIpc) is 3.13. The predicted octanol–water partition coefficient (Wildman–Crippen LogP) is 4.63. The first-order chi connectivity index (χ1) is 13.7. The minimum atomic E-state index is -0.0200. The van der Waals surface area contributed by atoms with Crippen LogP contribution in [-0.4, -0.2) is 29.8 Å². The van der Waals surface area contributed by atoms with Crippen LogP contribution in [0.5, 0.6) is 0 Å². The second-order valence-electron chi connectivity index (χ2n) is 7.17. The van der Waals surface area contributed by atoms with Crippen LogP contribution in [0.1, 0.15) is 35.7 Å². The fourth-order valence-corrected chi connectivity index (χ4v) is 3.92. The molecule has 28 heavy (non-hydrogen) atoms. The zero-order chi connectivity index (χ0) is 19.5. The van der Waals surface area contributed by atoms with Crippen molar-refractivity contribution in [3.05, 3.63) is 77.9 Å². The van der Waals surface area contributed by atoms with Crippen molar-refractivity contribution in [3.63, 3.8) is 0 Å². The Morgan fingerprint density at radius 3 is 2.61 bits per heavy atom. The van der Waals surface area contributed by atoms with Crippen molar-refractivity contribution < 1.29 is 9.59 Å². The highest BCUT2D eigenvalue weighted by molar-refractivity contribution is 6.10. The van der Waals surface area contributed by atoms with Crippen LogP contribution in [0.2, 0.25) is 0 Å². The summed E-state index contributed by atoms with van der Waals surface area (Å²) in [4.78, 5) is 28.9. The molecule has 0 saturated carbocycles. The van der Waals surface area contributed by atoms with Crippen molar-refractivity contribution >= 4 is 28.3 Å². The summed E-state index contributed by atoms with van der Waals surface area (Å²) in [5.41, 5.74) is 2.57. The van der Waals surface area contributed by atoms with Gasteiger partial charge in [0.2, 0.25) is 5.91 Å². The molecule has 1 saturated heterocycles. The summed E-state index contributed by atoms with van der Waals surface area (Å²) in [5, 5.41) is 2.19. The van der Waals surface area contributed by atoms with Crippen LogP contribution in [0.3, 0.4) is 0 Å². The van der Waals surface area contributed by atoms with E-state index in [2.05, 4.69) is 18.2 Å². The van der Waals surface area contributed by atoms with Gasteiger partial charge in [0.15, 0.2) is 0 Å². The molecule has 0 N–H and O–H groups in total. The molecule has 0 bridgehead atoms. The molecular weight excluding hydrogens is 348 g/mol. The Bertz CT molecular complexity index is 1020. The topological polar surface area (TPSA) is 40.6 Å². The van der Waals surface area contributed by atoms with Crippen molar-refractivity contribution in [1.29, 1.82) is 0 Å². The van der Waals surface area contributed by atoms with E-state index in [1.807, 2.05) is 65.3 Å². The number of benzene rings is 3. The maximum atomic E-state index is 13.3. The molecule has 0 atom stereocenters. The number of hydrogen-bond donors (Lipinski definition) is 0. The average molecular weight is 372 g/mol. The molecule has 3 aromatic rings. The first kappa shape index (κ1) is 18.2. The number of carbonyl (C=O) groups is 2. The largest absolute Gasteiger partial charge is 0.338 e. The van der Waals surface area contributed by atoms with Crippen LogP contribution in [0.25, 0.3) is 10.8 Å². The van der Waals surface area contributed by atoms with Gasteiger partial charge in [-0.05, 0) is 42.5 Å². The van der Waals surface area contributed by atoms with Crippen LogP contribution in [0, 0.1) is 0 Å². The number of fused-ring (bicyclic) bond motifs is 1. The molecule has 142 valence electrons. The van der Waals surface area contributed by atoms with Gasteiger partial charge >= 0.3 is 0 Å². The van der Waals surface area contributed by atoms with Crippen LogP contribution < -0.4 is 4.90 Å². The fraction of sp³-hybridized carbons (Fsp3) is 0.250. The van der Waals surface area contributed by atoms with E-state index in [9.17, 15) is 9.59 Å². The van der Waals surface area contributed by atoms with E-state index in [1.54, 1.807) is 0 Å². The summed E-state index contributed by atoms with van der Waals surface area (Å²) in [6.07, 6.45) is 1.55. The third kappa shape index (κ3) is 3.50. The first-order valence-electron chi connectivity index (χ1n) is 9.83. The quantitative estimate of drug-likeness (QED) is 0.655. The van der Waals surface area contributed by atoms with E-state index in [1.165, 1.54) is 0 Å². The number of hydrogen-bond acceptors (Lipinski definition) is 2. The highest BCUT2D eigenvalue weighted by Gasteiger charge is 2.22. The van der Waals surface area contributed by atoms with Gasteiger partial charge in [-0.15, -0.1) is 0 Å². The Hall–Kier alpha value is -3.14. The molecular formula is C24H24N2O2. The number of carbonyl (C=O) groups excluding carboxylic acids is 2. The van der Waals surface area contributed by atoms with Gasteiger partial charge in [-0.1, -0.05) is 48.5 Å². The molecule has 4 nitrogen and oxygen atoms in total. The van der Waals surface area contributed by atoms with E-state index >= 15 is 0 Å². The molecule has 0 radical (unpaired) electrons. The second-order valence-corrected chi connectivity index (χ2v) is 7.17. The smallest absolute Gasteiger partial charge is 0.258 e. The monoisotopic (exact) mass is 372 g/mol. The molecule has 1 aliphatic rings. The standard InChI is InChI=1S/C24H24N2O2/c1-2-26(22-13-6-10-19-9-3-4-12-21(19)22)24(28)20-11-5-8-18(16-20)17-25-15-7-14-23(25)27/h3-6,8-13,16H,2,7,14-15,17H2,1H3. The Morgan fingerprint density at radius 1 is 1.04 bits per heavy atom. The van der Waals surface area contributed by atoms with Gasteiger partial charge < -0.3 is 9.80 Å². The lowest BCUT2D eigenvalue weighted by atomic mass is 10.1. The Kier molecular flexibility index (Phi) is 5.11. The van der Waals surface area contributed by atoms with E-state index < -0.39 is 0 Å². The molecule has 0 aliphatic carbocycles. The molecule has 1 heterocycles. The van der Waals surface area contributed by atoms with Crippen LogP contribution in [-0.2, 0) is 11.3 Å². The van der Waals surface area contributed by atoms with Gasteiger partial charge in [0.25, 0.3) is 5.91 Å². The lowest BCUT2D eigenvalue weighted by Gasteiger charge is -2.23. The Morgan fingerprint density at radius 2 is 1.82 bits per heavy atom. The fourth-order valence-electron chi connectivity index (χ4n) is 3.92. The minimum Gasteiger partial charge on any atom is -0.338 e. The number of likely N-dealkylation sites (tertiary alicyclic amines) is 1. The van der Waals surface area contributed by atoms with E-state index in [0.717, 1.165) is 35.0 Å². The molecule has 4 rings (SSSR count). The number of rotatable bonds is 5. The van der Waals surface area contributed by atoms with E-state index in [-0.39, 0.29) is 11.8 Å². The summed E-state index contributed by atoms with van der Waals surface area (Å²) in [6, 6.07) is 21.8. The van der Waals surface area contributed by atoms with Gasteiger partial charge in [0, 0.05) is 37.0 Å². The maximum Gasteiger partial charge on any atom is 0.258 e. The molecule has 3 aromatic carbocycles. The van der Waals surface area contributed by atoms with E-state index in [0.29, 0.717) is 25.1 Å². The van der Waals surface area contributed by atoms with Gasteiger partial charge in [-0.3, -0.25) is 9.59 Å². The molecule has 1 aliphatic heterocycles. The SMILES string of the molecule is CCN(C(=O)c1cccc(CN2CCCC2=O)c1)c1cccc2ccccc12. The predicted molar refractivity (Wildman–Crippen MR) is 112 cm³/mol. The Labute approximate surface area is 165 Å². The lowest BCUT2D eigenvalue weighted by molar-refractivity contribution is -0.128. The Balaban J connectivity index is 1.64. The molecule has 2 amide bonds. The van der Waals surface area contributed by atoms with Crippen molar-refractivity contribution in [3.8, 4) is 0 Å². The van der Waals surface area contributed by atoms with Gasteiger partial charge in [0.05, 0.1) is 5.69 Å². The molecule has 4 heteroatoms. The number of nitrogens with zero attached hydrogens (tertiary/aromatic N) is 2. The summed E-state index contributed by atoms with van der Waals surface area (Å²) in [7, 11) is 0. The first-order valence-corrected chi connectivity index (χ1v) is 9.83. The molecule has 0 aromatic heterocycles. The zero-order valence-electron chi connectivity index (χ0n) is 16.1. The summed E-state index contributed by atoms with van der Waals surface area (Å²) in [5.74, 6) is 0.177. The molecule has 0 spiro atoms. The molecule has 1 fully saturated rings. The second kappa shape index (κ2) is 7.85. The highest BCUT2D eigenvalue weighted by Crippen LogP contribution is 2.28. The highest BCUT2D eigenvalue weighted by atomic mass is 16.2. The number of anilines is 1. The number of amides is 2. The van der Waals surface area contributed by atoms with Crippen LogP contribution in [0.15, 0.2) is 66.7 Å². The van der Waals surface area contributed by atoms with E-state index in [4.69, 9.17) is 0 Å². The van der Waals surface area contributed by atoms with Crippen molar-refractivity contribution in [1.82, 2.24) is 4.90 Å². The van der Waals surface area contributed by atoms with Crippen LogP contribution in [0.4, 0.5) is 5.69 Å². The zero-order valence-corrected chi connectivity index (χ0v) is 16.1. The third-order valence-electron chi connectivity index (χ3n) is 5.34. The van der Waals surface area contributed by atoms with Crippen molar-refractivity contribution in [2.24, 2.45) is 0 Å². The normalized spacial score (nSPS) is 13.9. The maximum absolute atomic E-state index is 13.3. The lowest BCUT2D eigenvalue weighted by Crippen LogP contribution is -2.31.